The van der Waals surface area contributed by atoms with Gasteiger partial charge in [0.1, 0.15) is 42.0 Å². The zero-order valence-electron chi connectivity index (χ0n) is 41.7. The molecule has 2 amide bonds. The lowest BCUT2D eigenvalue weighted by Gasteiger charge is -2.36. The molecule has 1 atom stereocenters. The Labute approximate surface area is 424 Å². The highest BCUT2D eigenvalue weighted by Crippen LogP contribution is 2.43. The molecule has 0 aliphatic carbocycles. The zero-order valence-corrected chi connectivity index (χ0v) is 41.7. The summed E-state index contributed by atoms with van der Waals surface area (Å²) in [7, 11) is 1.47. The molecule has 0 radical (unpaired) electrons. The first-order valence-corrected chi connectivity index (χ1v) is 24.3. The van der Waals surface area contributed by atoms with Crippen LogP contribution in [0.25, 0.3) is 39.4 Å². The number of likely N-dealkylation sites (N-methyl/N-ethyl adjacent to an activating group) is 1. The number of nitrogens with one attached hydrogen (secondary N) is 1. The lowest BCUT2D eigenvalue weighted by Crippen LogP contribution is -2.49. The molecule has 4 N–H and O–H groups in total. The number of phenolic OH excluding ortho intramolecular Hbond substituents is 3. The summed E-state index contributed by atoms with van der Waals surface area (Å²) in [5, 5.41) is 43.5. The normalized spacial score (nSPS) is 14.6. The lowest BCUT2D eigenvalue weighted by atomic mass is 9.85. The molecule has 0 saturated heterocycles. The van der Waals surface area contributed by atoms with Crippen LogP contribution in [0.15, 0.2) is 89.7 Å². The quantitative estimate of drug-likeness (QED) is 0.0507. The second-order valence-corrected chi connectivity index (χ2v) is 18.5. The predicted molar refractivity (Wildman–Crippen MR) is 271 cm³/mol. The van der Waals surface area contributed by atoms with E-state index in [9.17, 15) is 39.3 Å². The van der Waals surface area contributed by atoms with Crippen LogP contribution in [-0.4, -0.2) is 102 Å². The minimum atomic E-state index is -1.92. The number of hydrogen-bond acceptors (Lipinski definition) is 15. The first-order valence-electron chi connectivity index (χ1n) is 24.3. The average molecular weight is 1010 g/mol. The fourth-order valence-corrected chi connectivity index (χ4v) is 9.50. The van der Waals surface area contributed by atoms with Crippen LogP contribution in [0.1, 0.15) is 91.0 Å². The first kappa shape index (κ1) is 50.4. The van der Waals surface area contributed by atoms with E-state index >= 15 is 0 Å². The second-order valence-electron chi connectivity index (χ2n) is 18.5. The molecule has 7 aromatic rings. The molecule has 2 aliphatic heterocycles. The lowest BCUT2D eigenvalue weighted by molar-refractivity contribution is -0.173. The van der Waals surface area contributed by atoms with Gasteiger partial charge in [0.25, 0.3) is 11.5 Å². The molecule has 19 nitrogen and oxygen atoms in total. The van der Waals surface area contributed by atoms with Gasteiger partial charge in [-0.3, -0.25) is 19.0 Å². The summed E-state index contributed by atoms with van der Waals surface area (Å²) >= 11 is 0. The molecule has 0 unspecified atom stereocenters. The number of phenols is 3. The van der Waals surface area contributed by atoms with Crippen molar-refractivity contribution in [3.8, 4) is 57.2 Å². The number of rotatable bonds is 17. The predicted octanol–water partition coefficient (Wildman–Crippen LogP) is 7.58. The topological polar surface area (TPSA) is 247 Å². The maximum atomic E-state index is 14.1. The maximum absolute atomic E-state index is 14.1. The number of aromatic hydroxyl groups is 3. The van der Waals surface area contributed by atoms with Crippen LogP contribution < -0.4 is 15.6 Å². The van der Waals surface area contributed by atoms with Crippen LogP contribution in [0.4, 0.5) is 4.79 Å². The highest BCUT2D eigenvalue weighted by molar-refractivity contribution is 5.93. The van der Waals surface area contributed by atoms with Gasteiger partial charge in [0.15, 0.2) is 11.6 Å². The van der Waals surface area contributed by atoms with Gasteiger partial charge < -0.3 is 49.1 Å². The van der Waals surface area contributed by atoms with Crippen LogP contribution in [0.2, 0.25) is 0 Å². The highest BCUT2D eigenvalue weighted by Gasteiger charge is 2.51. The van der Waals surface area contributed by atoms with Gasteiger partial charge in [0.05, 0.1) is 41.2 Å². The molecule has 0 fully saturated rings. The summed E-state index contributed by atoms with van der Waals surface area (Å²) in [6.07, 6.45) is -0.181. The maximum Gasteiger partial charge on any atom is 0.411 e. The Hall–Kier alpha value is -8.58. The number of ketones is 1. The Kier molecular flexibility index (Phi) is 14.0. The number of fused-ring (bicyclic) bond motifs is 5. The van der Waals surface area contributed by atoms with E-state index in [1.54, 1.807) is 97.3 Å². The number of hydrogen-bond donors (Lipinski definition) is 4. The molecular formula is C55H55N7O12. The largest absolute Gasteiger partial charge is 0.508 e. The third kappa shape index (κ3) is 9.37. The van der Waals surface area contributed by atoms with Crippen molar-refractivity contribution in [3.63, 3.8) is 0 Å². The summed E-state index contributed by atoms with van der Waals surface area (Å²) in [5.41, 5.74) is 3.75. The van der Waals surface area contributed by atoms with Crippen LogP contribution >= 0.6 is 0 Å². The number of pyridine rings is 2. The summed E-state index contributed by atoms with van der Waals surface area (Å²) in [4.78, 5) is 73.6. The minimum absolute atomic E-state index is 0.00311. The summed E-state index contributed by atoms with van der Waals surface area (Å²) in [5.74, 6) is -0.558. The average Bonchev–Trinajstić information content (AvgIpc) is 4.00. The van der Waals surface area contributed by atoms with Gasteiger partial charge in [-0.15, -0.1) is 10.2 Å². The van der Waals surface area contributed by atoms with E-state index in [0.29, 0.717) is 58.2 Å². The number of cyclic esters (lactones) is 1. The van der Waals surface area contributed by atoms with Crippen molar-refractivity contribution in [1.82, 2.24) is 34.5 Å². The third-order valence-electron chi connectivity index (χ3n) is 13.4. The van der Waals surface area contributed by atoms with Gasteiger partial charge >= 0.3 is 12.1 Å². The fourth-order valence-electron chi connectivity index (χ4n) is 9.50. The first-order chi connectivity index (χ1) is 35.5. The Balaban J connectivity index is 0.802. The van der Waals surface area contributed by atoms with E-state index in [1.165, 1.54) is 22.6 Å². The number of aryl methyl sites for hydroxylation is 1. The van der Waals surface area contributed by atoms with Crippen LogP contribution in [0.5, 0.6) is 28.7 Å². The van der Waals surface area contributed by atoms with Gasteiger partial charge in [-0.1, -0.05) is 39.8 Å². The number of carbonyl (C=O) groups excluding carboxylic acids is 4. The highest BCUT2D eigenvalue weighted by atomic mass is 16.6. The Morgan fingerprint density at radius 1 is 0.892 bits per heavy atom. The molecule has 9 rings (SSSR count). The van der Waals surface area contributed by atoms with E-state index in [1.807, 2.05) is 20.8 Å². The Morgan fingerprint density at radius 3 is 2.31 bits per heavy atom. The van der Waals surface area contributed by atoms with Crippen molar-refractivity contribution < 1.29 is 53.4 Å². The van der Waals surface area contributed by atoms with Crippen LogP contribution in [-0.2, 0) is 55.4 Å². The number of ether oxygens (including phenoxy) is 4. The van der Waals surface area contributed by atoms with Gasteiger partial charge in [0.2, 0.25) is 11.4 Å². The number of benzene rings is 4. The molecule has 0 bridgehead atoms. The number of Topliss-reactive ketones (excluding diaryl/α,β-unsaturated/α-hetero) is 1. The van der Waals surface area contributed by atoms with Crippen molar-refractivity contribution in [1.29, 1.82) is 0 Å². The SMILES string of the molecule is CCNC(=O)c1nnc(-c2cc(C(C)C)c(O)cc2O)n1-c1ccc(Oc2ccc(CC(=O)COCCN(C)C(=O)O[C@]3(CC)C(=O)OCc4c3cc3n(c4=O)Cc4c-3nc3ccc(O)cc3c4CC)cc2)cc1. The zero-order chi connectivity index (χ0) is 52.6. The Bertz CT molecular complexity index is 3420. The number of aromatic nitrogens is 5. The third-order valence-corrected chi connectivity index (χ3v) is 13.4. The van der Waals surface area contributed by atoms with Gasteiger partial charge in [-0.25, -0.2) is 14.6 Å². The van der Waals surface area contributed by atoms with E-state index in [4.69, 9.17) is 23.9 Å². The van der Waals surface area contributed by atoms with E-state index < -0.39 is 23.6 Å². The molecular weight excluding hydrogens is 951 g/mol. The molecule has 382 valence electrons. The van der Waals surface area contributed by atoms with Crippen molar-refractivity contribution in [3.05, 3.63) is 134 Å². The molecule has 4 aromatic carbocycles. The van der Waals surface area contributed by atoms with Gasteiger partial charge in [0, 0.05) is 54.8 Å². The second kappa shape index (κ2) is 20.5. The van der Waals surface area contributed by atoms with Gasteiger partial charge in [-0.05, 0) is 109 Å². The number of amides is 2. The van der Waals surface area contributed by atoms with Crippen molar-refractivity contribution in [2.24, 2.45) is 0 Å². The summed E-state index contributed by atoms with van der Waals surface area (Å²) in [6, 6.07) is 23.3. The number of carbonyl (C=O) groups is 4. The van der Waals surface area contributed by atoms with Crippen molar-refractivity contribution in [2.75, 3.05) is 33.4 Å². The molecule has 74 heavy (non-hydrogen) atoms. The molecule has 2 aliphatic rings. The number of nitrogens with zero attached hydrogens (tertiary/aromatic N) is 6. The summed E-state index contributed by atoms with van der Waals surface area (Å²) < 4.78 is 26.4. The van der Waals surface area contributed by atoms with Crippen molar-refractivity contribution >= 4 is 34.7 Å². The smallest absolute Gasteiger partial charge is 0.411 e. The van der Waals surface area contributed by atoms with E-state index in [0.717, 1.165) is 16.5 Å². The minimum Gasteiger partial charge on any atom is -0.508 e. The number of esters is 1. The molecule has 0 spiro atoms. The van der Waals surface area contributed by atoms with Gasteiger partial charge in [-0.2, -0.15) is 0 Å². The van der Waals surface area contributed by atoms with Crippen LogP contribution in [0, 0.1) is 0 Å². The van der Waals surface area contributed by atoms with Crippen LogP contribution in [0.3, 0.4) is 0 Å². The molecule has 3 aromatic heterocycles. The summed E-state index contributed by atoms with van der Waals surface area (Å²) in [6.45, 7) is 9.35. The Morgan fingerprint density at radius 2 is 1.62 bits per heavy atom. The monoisotopic (exact) mass is 1010 g/mol. The fraction of sp³-hybridized carbons (Fsp3) is 0.309. The molecule has 5 heterocycles. The standard InChI is InChI=1S/C55H55N7O12/c1-7-37-39-23-33(63)14-19-44(39)57-48-41(37)27-61-45(48)25-43-42(52(61)68)29-72-53(69)55(43,8-2)74-54(70)60(6)20-21-71-28-34(64)22-31-10-15-35(16-11-31)73-36-17-12-32(13-18-36)62-49(58-59-50(62)51(67)56-9-3)40-24-38(30(4)5)46(65)26-47(40)66/h10-19,23-26,30,63,65-66H,7-9,20-22,27-29H2,1-6H3,(H,56,67)/t55-/m0/s1. The van der Waals surface area contributed by atoms with E-state index in [2.05, 4.69) is 15.5 Å². The molecule has 0 saturated carbocycles. The van der Waals surface area contributed by atoms with Crippen molar-refractivity contribution in [2.45, 2.75) is 78.6 Å². The molecule has 19 heteroatoms. The van der Waals surface area contributed by atoms with E-state index in [-0.39, 0.29) is 109 Å².